The van der Waals surface area contributed by atoms with Crippen molar-refractivity contribution in [3.8, 4) is 0 Å². The van der Waals surface area contributed by atoms with E-state index in [-0.39, 0.29) is 43.3 Å². The van der Waals surface area contributed by atoms with Crippen LogP contribution in [-0.4, -0.2) is 36.7 Å². The summed E-state index contributed by atoms with van der Waals surface area (Å²) in [6.45, 7) is 0.191. The molecular formula is C24H20F3N3O4S2. The van der Waals surface area contributed by atoms with Gasteiger partial charge in [-0.05, 0) is 61.4 Å². The first-order valence-corrected chi connectivity index (χ1v) is 13.3. The summed E-state index contributed by atoms with van der Waals surface area (Å²) in [5.41, 5.74) is 0.557. The number of rotatable bonds is 6. The Bertz CT molecular complexity index is 1510. The van der Waals surface area contributed by atoms with Crippen molar-refractivity contribution in [1.82, 2.24) is 9.29 Å². The molecule has 0 N–H and O–H groups in total. The van der Waals surface area contributed by atoms with Crippen LogP contribution in [0.2, 0.25) is 0 Å². The number of fused-ring (bicyclic) bond motifs is 1. The molecule has 0 spiro atoms. The third kappa shape index (κ3) is 4.75. The van der Waals surface area contributed by atoms with Crippen LogP contribution >= 0.6 is 11.3 Å². The Hall–Kier alpha value is -3.22. The number of carbonyl (C=O) groups excluding carboxylic acids is 1. The SMILES string of the molecule is O=C(C1CCN(S(=O)(=O)c2ccc(F)c(F)c2)CC1)N(Cc1ccco1)c1nc2ccc(F)cc2s1. The van der Waals surface area contributed by atoms with Gasteiger partial charge < -0.3 is 4.42 Å². The van der Waals surface area contributed by atoms with Crippen molar-refractivity contribution in [3.05, 3.63) is 78.0 Å². The number of nitrogens with zero attached hydrogens (tertiary/aromatic N) is 3. The van der Waals surface area contributed by atoms with Gasteiger partial charge >= 0.3 is 0 Å². The highest BCUT2D eigenvalue weighted by atomic mass is 32.2. The van der Waals surface area contributed by atoms with E-state index in [9.17, 15) is 26.4 Å². The molecule has 0 bridgehead atoms. The first kappa shape index (κ1) is 24.5. The standard InChI is InChI=1S/C24H20F3N3O4S2/c25-16-3-6-21-22(12-16)35-24(28-21)30(14-17-2-1-11-34-17)23(31)15-7-9-29(10-8-15)36(32,33)18-4-5-19(26)20(27)13-18/h1-6,11-13,15H,7-10,14H2. The van der Waals surface area contributed by atoms with Crippen LogP contribution in [0.25, 0.3) is 10.2 Å². The Labute approximate surface area is 208 Å². The molecule has 1 aliphatic rings. The van der Waals surface area contributed by atoms with Gasteiger partial charge in [0.1, 0.15) is 11.6 Å². The number of carbonyl (C=O) groups is 1. The van der Waals surface area contributed by atoms with Crippen LogP contribution < -0.4 is 4.90 Å². The lowest BCUT2D eigenvalue weighted by atomic mass is 9.96. The van der Waals surface area contributed by atoms with Crippen LogP contribution in [0.3, 0.4) is 0 Å². The van der Waals surface area contributed by atoms with E-state index in [2.05, 4.69) is 4.98 Å². The second-order valence-corrected chi connectivity index (χ2v) is 11.3. The first-order valence-electron chi connectivity index (χ1n) is 11.1. The Morgan fingerprint density at radius 2 is 1.86 bits per heavy atom. The number of thiazole rings is 1. The van der Waals surface area contributed by atoms with Crippen molar-refractivity contribution in [2.24, 2.45) is 5.92 Å². The van der Waals surface area contributed by atoms with Gasteiger partial charge in [0.25, 0.3) is 0 Å². The number of anilines is 1. The monoisotopic (exact) mass is 535 g/mol. The number of sulfonamides is 1. The van der Waals surface area contributed by atoms with Crippen LogP contribution in [-0.2, 0) is 21.4 Å². The zero-order valence-electron chi connectivity index (χ0n) is 18.7. The number of hydrogen-bond acceptors (Lipinski definition) is 6. The summed E-state index contributed by atoms with van der Waals surface area (Å²) in [5, 5.41) is 0.383. The molecule has 5 rings (SSSR count). The molecule has 2 aromatic heterocycles. The van der Waals surface area contributed by atoms with Gasteiger partial charge in [-0.15, -0.1) is 0 Å². The van der Waals surface area contributed by atoms with E-state index in [0.717, 1.165) is 12.1 Å². The van der Waals surface area contributed by atoms with Crippen molar-refractivity contribution in [2.45, 2.75) is 24.3 Å². The van der Waals surface area contributed by atoms with E-state index >= 15 is 0 Å². The average Bonchev–Trinajstić information content (AvgIpc) is 3.53. The minimum absolute atomic E-state index is 0.0391. The Morgan fingerprint density at radius 3 is 2.56 bits per heavy atom. The number of aromatic nitrogens is 1. The molecule has 0 radical (unpaired) electrons. The molecule has 4 aromatic rings. The highest BCUT2D eigenvalue weighted by molar-refractivity contribution is 7.89. The lowest BCUT2D eigenvalue weighted by Crippen LogP contribution is -2.44. The van der Waals surface area contributed by atoms with Gasteiger partial charge in [-0.2, -0.15) is 4.31 Å². The second-order valence-electron chi connectivity index (χ2n) is 8.37. The van der Waals surface area contributed by atoms with Crippen LogP contribution in [0, 0.1) is 23.4 Å². The van der Waals surface area contributed by atoms with Crippen molar-refractivity contribution < 1.29 is 30.8 Å². The fraction of sp³-hybridized carbons (Fsp3) is 0.250. The molecule has 12 heteroatoms. The third-order valence-corrected chi connectivity index (χ3v) is 9.00. The molecule has 0 aliphatic carbocycles. The molecule has 2 aromatic carbocycles. The number of hydrogen-bond donors (Lipinski definition) is 0. The van der Waals surface area contributed by atoms with Gasteiger partial charge in [0.15, 0.2) is 16.8 Å². The van der Waals surface area contributed by atoms with Crippen molar-refractivity contribution in [2.75, 3.05) is 18.0 Å². The minimum Gasteiger partial charge on any atom is -0.467 e. The van der Waals surface area contributed by atoms with Crippen molar-refractivity contribution >= 4 is 42.6 Å². The van der Waals surface area contributed by atoms with E-state index in [1.165, 1.54) is 38.9 Å². The predicted molar refractivity (Wildman–Crippen MR) is 127 cm³/mol. The maximum absolute atomic E-state index is 13.7. The largest absolute Gasteiger partial charge is 0.467 e. The number of furan rings is 1. The normalized spacial score (nSPS) is 15.4. The smallest absolute Gasteiger partial charge is 0.243 e. The molecular weight excluding hydrogens is 515 g/mol. The number of piperidine rings is 1. The molecule has 1 saturated heterocycles. The number of benzene rings is 2. The topological polar surface area (TPSA) is 83.7 Å². The maximum Gasteiger partial charge on any atom is 0.243 e. The third-order valence-electron chi connectivity index (χ3n) is 6.06. The average molecular weight is 536 g/mol. The summed E-state index contributed by atoms with van der Waals surface area (Å²) in [5.74, 6) is -3.00. The van der Waals surface area contributed by atoms with E-state index in [0.29, 0.717) is 27.2 Å². The van der Waals surface area contributed by atoms with Crippen LogP contribution in [0.4, 0.5) is 18.3 Å². The highest BCUT2D eigenvalue weighted by Gasteiger charge is 2.35. The summed E-state index contributed by atoms with van der Waals surface area (Å²) < 4.78 is 73.6. The molecule has 7 nitrogen and oxygen atoms in total. The van der Waals surface area contributed by atoms with Crippen molar-refractivity contribution in [1.29, 1.82) is 0 Å². The molecule has 0 atom stereocenters. The molecule has 0 saturated carbocycles. The van der Waals surface area contributed by atoms with Crippen LogP contribution in [0.15, 0.2) is 64.1 Å². The zero-order chi connectivity index (χ0) is 25.4. The fourth-order valence-corrected chi connectivity index (χ4v) is 6.63. The lowest BCUT2D eigenvalue weighted by Gasteiger charge is -2.32. The molecule has 1 fully saturated rings. The molecule has 3 heterocycles. The quantitative estimate of drug-likeness (QED) is 0.349. The molecule has 188 valence electrons. The first-order chi connectivity index (χ1) is 17.2. The van der Waals surface area contributed by atoms with Crippen LogP contribution in [0.5, 0.6) is 0 Å². The lowest BCUT2D eigenvalue weighted by molar-refractivity contribution is -0.123. The summed E-state index contributed by atoms with van der Waals surface area (Å²) in [4.78, 5) is 19.2. The zero-order valence-corrected chi connectivity index (χ0v) is 20.4. The summed E-state index contributed by atoms with van der Waals surface area (Å²) in [7, 11) is -4.04. The van der Waals surface area contributed by atoms with Gasteiger partial charge in [-0.3, -0.25) is 9.69 Å². The summed E-state index contributed by atoms with van der Waals surface area (Å²) in [6.07, 6.45) is 1.96. The molecule has 0 unspecified atom stereocenters. The predicted octanol–water partition coefficient (Wildman–Crippen LogP) is 4.94. The van der Waals surface area contributed by atoms with Crippen LogP contribution in [0.1, 0.15) is 18.6 Å². The molecule has 36 heavy (non-hydrogen) atoms. The number of amides is 1. The van der Waals surface area contributed by atoms with Gasteiger partial charge in [0.2, 0.25) is 15.9 Å². The van der Waals surface area contributed by atoms with Crippen molar-refractivity contribution in [3.63, 3.8) is 0 Å². The second kappa shape index (κ2) is 9.68. The molecule has 1 aliphatic heterocycles. The Balaban J connectivity index is 1.36. The van der Waals surface area contributed by atoms with E-state index in [4.69, 9.17) is 4.42 Å². The van der Waals surface area contributed by atoms with Gasteiger partial charge in [0, 0.05) is 19.0 Å². The molecule has 1 amide bonds. The van der Waals surface area contributed by atoms with E-state index < -0.39 is 33.4 Å². The van der Waals surface area contributed by atoms with Gasteiger partial charge in [-0.25, -0.2) is 26.6 Å². The van der Waals surface area contributed by atoms with E-state index in [1.54, 1.807) is 18.2 Å². The Morgan fingerprint density at radius 1 is 1.08 bits per heavy atom. The number of halogens is 3. The Kier molecular flexibility index (Phi) is 6.58. The fourth-order valence-electron chi connectivity index (χ4n) is 4.15. The van der Waals surface area contributed by atoms with Gasteiger partial charge in [0.05, 0.1) is 27.9 Å². The minimum atomic E-state index is -4.04. The van der Waals surface area contributed by atoms with Gasteiger partial charge in [-0.1, -0.05) is 11.3 Å². The summed E-state index contributed by atoms with van der Waals surface area (Å²) >= 11 is 1.18. The van der Waals surface area contributed by atoms with E-state index in [1.807, 2.05) is 0 Å². The highest BCUT2D eigenvalue weighted by Crippen LogP contribution is 2.33. The summed E-state index contributed by atoms with van der Waals surface area (Å²) in [6, 6.07) is 10.1. The maximum atomic E-state index is 13.7.